The summed E-state index contributed by atoms with van der Waals surface area (Å²) in [6.07, 6.45) is 6.06. The van der Waals surface area contributed by atoms with Crippen molar-refractivity contribution in [1.82, 2.24) is 4.98 Å². The molecule has 0 atom stereocenters. The Bertz CT molecular complexity index is 671. The number of anilines is 1. The number of pyridine rings is 1. The van der Waals surface area contributed by atoms with Crippen molar-refractivity contribution in [2.24, 2.45) is 0 Å². The number of rotatable bonds is 4. The van der Waals surface area contributed by atoms with Crippen molar-refractivity contribution in [2.75, 3.05) is 11.9 Å². The second kappa shape index (κ2) is 6.92. The van der Waals surface area contributed by atoms with Crippen LogP contribution in [-0.4, -0.2) is 17.5 Å². The summed E-state index contributed by atoms with van der Waals surface area (Å²) in [5.41, 5.74) is 3.02. The lowest BCUT2D eigenvalue weighted by Crippen LogP contribution is -2.21. The molecule has 0 radical (unpaired) electrons. The molecule has 0 aliphatic heterocycles. The number of carbonyl (C=O) groups is 1. The van der Waals surface area contributed by atoms with Gasteiger partial charge in [0.05, 0.1) is 0 Å². The summed E-state index contributed by atoms with van der Waals surface area (Å²) in [4.78, 5) is 16.4. The van der Waals surface area contributed by atoms with E-state index >= 15 is 0 Å². The number of hydrogen-bond donors (Lipinski definition) is 1. The van der Waals surface area contributed by atoms with Gasteiger partial charge in [0.25, 0.3) is 5.91 Å². The number of carbonyl (C=O) groups excluding carboxylic acids is 1. The van der Waals surface area contributed by atoms with E-state index in [1.165, 1.54) is 6.42 Å². The van der Waals surface area contributed by atoms with Gasteiger partial charge < -0.3 is 10.1 Å². The van der Waals surface area contributed by atoms with E-state index in [0.717, 1.165) is 46.4 Å². The standard InChI is InChI=1S/C17H17BrN2O2/c18-12-5-7-13(8-6-12)20-17(21)11-22-16-9-10-19-15-4-2-1-3-14(15)16/h5-10H,1-4,11H2,(H,20,21). The summed E-state index contributed by atoms with van der Waals surface area (Å²) in [6, 6.07) is 9.30. The van der Waals surface area contributed by atoms with Crippen LogP contribution in [0, 0.1) is 0 Å². The first kappa shape index (κ1) is 15.0. The zero-order valence-corrected chi connectivity index (χ0v) is 13.7. The molecule has 1 aromatic carbocycles. The number of halogens is 1. The van der Waals surface area contributed by atoms with Crippen LogP contribution in [0.2, 0.25) is 0 Å². The van der Waals surface area contributed by atoms with E-state index in [1.807, 2.05) is 30.3 Å². The van der Waals surface area contributed by atoms with Crippen molar-refractivity contribution in [1.29, 1.82) is 0 Å². The Morgan fingerprint density at radius 1 is 1.18 bits per heavy atom. The van der Waals surface area contributed by atoms with Crippen molar-refractivity contribution in [3.05, 3.63) is 52.3 Å². The maximum atomic E-state index is 12.0. The van der Waals surface area contributed by atoms with Crippen molar-refractivity contribution in [3.8, 4) is 5.75 Å². The predicted molar refractivity (Wildman–Crippen MR) is 89.1 cm³/mol. The molecule has 0 fully saturated rings. The molecule has 1 aliphatic carbocycles. The van der Waals surface area contributed by atoms with E-state index in [1.54, 1.807) is 6.20 Å². The summed E-state index contributed by atoms with van der Waals surface area (Å²) in [5, 5.41) is 2.82. The van der Waals surface area contributed by atoms with Gasteiger partial charge in [0.2, 0.25) is 0 Å². The topological polar surface area (TPSA) is 51.2 Å². The average Bonchev–Trinajstić information content (AvgIpc) is 2.55. The summed E-state index contributed by atoms with van der Waals surface area (Å²) in [5.74, 6) is 0.624. The third-order valence-corrected chi connectivity index (χ3v) is 4.21. The molecule has 0 unspecified atom stereocenters. The van der Waals surface area contributed by atoms with E-state index in [-0.39, 0.29) is 12.5 Å². The second-order valence-corrected chi connectivity index (χ2v) is 6.20. The smallest absolute Gasteiger partial charge is 0.262 e. The van der Waals surface area contributed by atoms with Gasteiger partial charge in [-0.2, -0.15) is 0 Å². The van der Waals surface area contributed by atoms with E-state index in [4.69, 9.17) is 4.74 Å². The zero-order chi connectivity index (χ0) is 15.4. The molecule has 0 saturated carbocycles. The molecule has 2 aromatic rings. The van der Waals surface area contributed by atoms with Gasteiger partial charge in [-0.15, -0.1) is 0 Å². The Labute approximate surface area is 138 Å². The van der Waals surface area contributed by atoms with Gasteiger partial charge in [0.15, 0.2) is 6.61 Å². The Balaban J connectivity index is 1.60. The Morgan fingerprint density at radius 3 is 2.77 bits per heavy atom. The van der Waals surface area contributed by atoms with E-state index in [0.29, 0.717) is 0 Å². The molecular formula is C17H17BrN2O2. The Hall–Kier alpha value is -1.88. The molecule has 4 nitrogen and oxygen atoms in total. The highest BCUT2D eigenvalue weighted by atomic mass is 79.9. The quantitative estimate of drug-likeness (QED) is 0.903. The molecule has 22 heavy (non-hydrogen) atoms. The van der Waals surface area contributed by atoms with Gasteiger partial charge >= 0.3 is 0 Å². The third kappa shape index (κ3) is 3.65. The molecule has 0 saturated heterocycles. The van der Waals surface area contributed by atoms with Crippen LogP contribution in [0.3, 0.4) is 0 Å². The second-order valence-electron chi connectivity index (χ2n) is 5.29. The van der Waals surface area contributed by atoms with Gasteiger partial charge in [-0.05, 0) is 56.0 Å². The highest BCUT2D eigenvalue weighted by Crippen LogP contribution is 2.27. The zero-order valence-electron chi connectivity index (χ0n) is 12.1. The molecule has 1 N–H and O–H groups in total. The minimum atomic E-state index is -0.163. The number of hydrogen-bond acceptors (Lipinski definition) is 3. The van der Waals surface area contributed by atoms with Crippen LogP contribution in [0.25, 0.3) is 0 Å². The molecule has 1 amide bonds. The average molecular weight is 361 g/mol. The lowest BCUT2D eigenvalue weighted by molar-refractivity contribution is -0.118. The van der Waals surface area contributed by atoms with Crippen LogP contribution in [0.5, 0.6) is 5.75 Å². The van der Waals surface area contributed by atoms with E-state index in [9.17, 15) is 4.79 Å². The van der Waals surface area contributed by atoms with Crippen LogP contribution in [0.15, 0.2) is 41.0 Å². The van der Waals surface area contributed by atoms with Crippen LogP contribution in [-0.2, 0) is 17.6 Å². The summed E-state index contributed by atoms with van der Waals surface area (Å²) < 4.78 is 6.68. The van der Waals surface area contributed by atoms with Crippen molar-refractivity contribution >= 4 is 27.5 Å². The fraction of sp³-hybridized carbons (Fsp3) is 0.294. The molecule has 1 aliphatic rings. The van der Waals surface area contributed by atoms with Crippen molar-refractivity contribution < 1.29 is 9.53 Å². The lowest BCUT2D eigenvalue weighted by atomic mass is 9.95. The highest BCUT2D eigenvalue weighted by Gasteiger charge is 2.15. The van der Waals surface area contributed by atoms with Gasteiger partial charge in [-0.1, -0.05) is 15.9 Å². The highest BCUT2D eigenvalue weighted by molar-refractivity contribution is 9.10. The fourth-order valence-corrected chi connectivity index (χ4v) is 2.87. The minimum Gasteiger partial charge on any atom is -0.483 e. The van der Waals surface area contributed by atoms with E-state index in [2.05, 4.69) is 26.2 Å². The third-order valence-electron chi connectivity index (χ3n) is 3.68. The van der Waals surface area contributed by atoms with Gasteiger partial charge in [0.1, 0.15) is 5.75 Å². The molecule has 5 heteroatoms. The molecule has 1 aromatic heterocycles. The molecule has 0 spiro atoms. The number of benzene rings is 1. The van der Waals surface area contributed by atoms with E-state index < -0.39 is 0 Å². The van der Waals surface area contributed by atoms with Crippen LogP contribution < -0.4 is 10.1 Å². The Kier molecular flexibility index (Phi) is 4.73. The van der Waals surface area contributed by atoms with Crippen LogP contribution in [0.4, 0.5) is 5.69 Å². The Morgan fingerprint density at radius 2 is 1.95 bits per heavy atom. The summed E-state index contributed by atoms with van der Waals surface area (Å²) >= 11 is 3.36. The maximum absolute atomic E-state index is 12.0. The number of nitrogens with one attached hydrogen (secondary N) is 1. The largest absolute Gasteiger partial charge is 0.483 e. The normalized spacial score (nSPS) is 13.3. The molecule has 0 bridgehead atoms. The number of nitrogens with zero attached hydrogens (tertiary/aromatic N) is 1. The molecule has 3 rings (SSSR count). The fourth-order valence-electron chi connectivity index (χ4n) is 2.60. The first-order valence-corrected chi connectivity index (χ1v) is 8.16. The van der Waals surface area contributed by atoms with Gasteiger partial charge in [0, 0.05) is 27.6 Å². The number of aromatic nitrogens is 1. The number of fused-ring (bicyclic) bond motifs is 1. The summed E-state index contributed by atoms with van der Waals surface area (Å²) in [6.45, 7) is 0.00647. The van der Waals surface area contributed by atoms with Gasteiger partial charge in [-0.25, -0.2) is 0 Å². The van der Waals surface area contributed by atoms with Crippen LogP contribution in [0.1, 0.15) is 24.1 Å². The maximum Gasteiger partial charge on any atom is 0.262 e. The number of amides is 1. The van der Waals surface area contributed by atoms with Crippen molar-refractivity contribution in [3.63, 3.8) is 0 Å². The lowest BCUT2D eigenvalue weighted by Gasteiger charge is -2.18. The monoisotopic (exact) mass is 360 g/mol. The van der Waals surface area contributed by atoms with Crippen LogP contribution >= 0.6 is 15.9 Å². The SMILES string of the molecule is O=C(COc1ccnc2c1CCCC2)Nc1ccc(Br)cc1. The predicted octanol–water partition coefficient (Wildman–Crippen LogP) is 3.74. The van der Waals surface area contributed by atoms with Crippen molar-refractivity contribution in [2.45, 2.75) is 25.7 Å². The minimum absolute atomic E-state index is 0.00647. The molecule has 1 heterocycles. The number of aryl methyl sites for hydroxylation is 1. The molecular weight excluding hydrogens is 344 g/mol. The first-order chi connectivity index (χ1) is 10.7. The molecule has 114 valence electrons. The summed E-state index contributed by atoms with van der Waals surface area (Å²) in [7, 11) is 0. The number of ether oxygens (including phenoxy) is 1. The van der Waals surface area contributed by atoms with Gasteiger partial charge in [-0.3, -0.25) is 9.78 Å². The first-order valence-electron chi connectivity index (χ1n) is 7.37.